The summed E-state index contributed by atoms with van der Waals surface area (Å²) in [6, 6.07) is 7.26. The van der Waals surface area contributed by atoms with E-state index in [0.717, 1.165) is 11.9 Å². The van der Waals surface area contributed by atoms with Crippen molar-refractivity contribution in [1.29, 1.82) is 0 Å². The van der Waals surface area contributed by atoms with Gasteiger partial charge in [0.05, 0.1) is 11.0 Å². The summed E-state index contributed by atoms with van der Waals surface area (Å²) in [6.45, 7) is 7.46. The molecule has 0 aliphatic heterocycles. The van der Waals surface area contributed by atoms with Gasteiger partial charge in [0.15, 0.2) is 0 Å². The molecule has 1 aromatic carbocycles. The maximum atomic E-state index is 12.3. The minimum absolute atomic E-state index is 0.168. The Bertz CT molecular complexity index is 677. The molecule has 18 heavy (non-hydrogen) atoms. The first kappa shape index (κ1) is 12.4. The SMILES string of the molecule is C=C(C)n1c(=O)n(C(=O)CCC)c2ccccc21. The van der Waals surface area contributed by atoms with Gasteiger partial charge in [-0.3, -0.25) is 9.36 Å². The van der Waals surface area contributed by atoms with Crippen molar-refractivity contribution in [2.75, 3.05) is 0 Å². The van der Waals surface area contributed by atoms with Crippen molar-refractivity contribution in [3.63, 3.8) is 0 Å². The molecule has 0 spiro atoms. The smallest absolute Gasteiger partial charge is 0.274 e. The van der Waals surface area contributed by atoms with Gasteiger partial charge in [0.1, 0.15) is 0 Å². The largest absolute Gasteiger partial charge is 0.340 e. The van der Waals surface area contributed by atoms with Crippen LogP contribution in [0.1, 0.15) is 31.5 Å². The molecule has 2 aromatic rings. The summed E-state index contributed by atoms with van der Waals surface area (Å²) < 4.78 is 2.72. The number of para-hydroxylation sites is 2. The zero-order valence-corrected chi connectivity index (χ0v) is 10.6. The average Bonchev–Trinajstić information content (AvgIpc) is 2.61. The summed E-state index contributed by atoms with van der Waals surface area (Å²) in [7, 11) is 0. The van der Waals surface area contributed by atoms with E-state index in [9.17, 15) is 9.59 Å². The van der Waals surface area contributed by atoms with Crippen LogP contribution in [0.25, 0.3) is 16.7 Å². The number of imidazole rings is 1. The number of fused-ring (bicyclic) bond motifs is 1. The fourth-order valence-electron chi connectivity index (χ4n) is 2.08. The zero-order chi connectivity index (χ0) is 13.3. The van der Waals surface area contributed by atoms with Crippen LogP contribution in [0.4, 0.5) is 0 Å². The number of hydrogen-bond donors (Lipinski definition) is 0. The van der Waals surface area contributed by atoms with E-state index in [2.05, 4.69) is 6.58 Å². The van der Waals surface area contributed by atoms with Crippen molar-refractivity contribution < 1.29 is 4.79 Å². The molecule has 1 heterocycles. The third-order valence-electron chi connectivity index (χ3n) is 2.84. The van der Waals surface area contributed by atoms with Crippen LogP contribution < -0.4 is 5.69 Å². The van der Waals surface area contributed by atoms with Crippen LogP contribution in [-0.2, 0) is 0 Å². The number of carbonyl (C=O) groups excluding carboxylic acids is 1. The Morgan fingerprint density at radius 1 is 1.22 bits per heavy atom. The molecule has 4 nitrogen and oxygen atoms in total. The Kier molecular flexibility index (Phi) is 3.19. The second kappa shape index (κ2) is 4.64. The summed E-state index contributed by atoms with van der Waals surface area (Å²) in [5, 5.41) is 0. The first-order valence-corrected chi connectivity index (χ1v) is 5.99. The predicted octanol–water partition coefficient (Wildman–Crippen LogP) is 2.73. The van der Waals surface area contributed by atoms with E-state index in [1.807, 2.05) is 25.1 Å². The fraction of sp³-hybridized carbons (Fsp3) is 0.286. The lowest BCUT2D eigenvalue weighted by Crippen LogP contribution is -2.28. The van der Waals surface area contributed by atoms with Gasteiger partial charge >= 0.3 is 5.69 Å². The van der Waals surface area contributed by atoms with E-state index in [4.69, 9.17) is 0 Å². The van der Waals surface area contributed by atoms with Gasteiger partial charge in [0.2, 0.25) is 5.91 Å². The normalized spacial score (nSPS) is 10.8. The molecule has 0 unspecified atom stereocenters. The van der Waals surface area contributed by atoms with E-state index in [-0.39, 0.29) is 11.6 Å². The van der Waals surface area contributed by atoms with Crippen molar-refractivity contribution >= 4 is 22.6 Å². The topological polar surface area (TPSA) is 44.0 Å². The standard InChI is InChI=1S/C14H16N2O2/c1-4-7-13(17)16-12-9-6-5-8-11(12)15(10(2)3)14(16)18/h5-6,8-9H,2,4,7H2,1,3H3. The first-order chi connectivity index (χ1) is 8.57. The van der Waals surface area contributed by atoms with E-state index < -0.39 is 0 Å². The predicted molar refractivity (Wildman–Crippen MR) is 72.7 cm³/mol. The van der Waals surface area contributed by atoms with Crippen molar-refractivity contribution in [2.24, 2.45) is 0 Å². The summed E-state index contributed by atoms with van der Waals surface area (Å²) in [6.07, 6.45) is 1.09. The second-order valence-corrected chi connectivity index (χ2v) is 4.32. The lowest BCUT2D eigenvalue weighted by atomic mass is 10.3. The second-order valence-electron chi connectivity index (χ2n) is 4.32. The molecule has 0 radical (unpaired) electrons. The van der Waals surface area contributed by atoms with Crippen LogP contribution in [0, 0.1) is 0 Å². The highest BCUT2D eigenvalue weighted by molar-refractivity contribution is 5.91. The maximum absolute atomic E-state index is 12.3. The van der Waals surface area contributed by atoms with Crippen LogP contribution in [0.3, 0.4) is 0 Å². The minimum Gasteiger partial charge on any atom is -0.274 e. The molecule has 4 heteroatoms. The maximum Gasteiger partial charge on any atom is 0.340 e. The lowest BCUT2D eigenvalue weighted by molar-refractivity contribution is 0.0902. The number of hydrogen-bond acceptors (Lipinski definition) is 2. The van der Waals surface area contributed by atoms with Gasteiger partial charge in [-0.25, -0.2) is 9.36 Å². The highest BCUT2D eigenvalue weighted by Gasteiger charge is 2.17. The quantitative estimate of drug-likeness (QED) is 0.833. The summed E-state index contributed by atoms with van der Waals surface area (Å²) >= 11 is 0. The van der Waals surface area contributed by atoms with E-state index in [1.165, 1.54) is 9.13 Å². The molecule has 0 saturated heterocycles. The Hall–Kier alpha value is -2.10. The number of carbonyl (C=O) groups is 1. The van der Waals surface area contributed by atoms with Gasteiger partial charge in [0.25, 0.3) is 0 Å². The molecule has 0 bridgehead atoms. The average molecular weight is 244 g/mol. The van der Waals surface area contributed by atoms with E-state index in [0.29, 0.717) is 17.6 Å². The summed E-state index contributed by atoms with van der Waals surface area (Å²) in [5.74, 6) is -0.168. The van der Waals surface area contributed by atoms with Crippen LogP contribution in [0.2, 0.25) is 0 Å². The third kappa shape index (κ3) is 1.79. The molecule has 0 atom stereocenters. The van der Waals surface area contributed by atoms with Crippen LogP contribution in [0.15, 0.2) is 35.6 Å². The first-order valence-electron chi connectivity index (χ1n) is 5.99. The Morgan fingerprint density at radius 3 is 2.28 bits per heavy atom. The number of nitrogens with zero attached hydrogens (tertiary/aromatic N) is 2. The van der Waals surface area contributed by atoms with Gasteiger partial charge < -0.3 is 0 Å². The summed E-state index contributed by atoms with van der Waals surface area (Å²) in [4.78, 5) is 24.3. The van der Waals surface area contributed by atoms with Crippen LogP contribution >= 0.6 is 0 Å². The van der Waals surface area contributed by atoms with Crippen LogP contribution in [0.5, 0.6) is 0 Å². The van der Waals surface area contributed by atoms with Crippen molar-refractivity contribution in [1.82, 2.24) is 9.13 Å². The molecular weight excluding hydrogens is 228 g/mol. The molecule has 0 N–H and O–H groups in total. The van der Waals surface area contributed by atoms with E-state index >= 15 is 0 Å². The van der Waals surface area contributed by atoms with Gasteiger partial charge in [-0.05, 0) is 25.5 Å². The molecule has 1 aromatic heterocycles. The van der Waals surface area contributed by atoms with E-state index in [1.54, 1.807) is 13.0 Å². The number of benzene rings is 1. The minimum atomic E-state index is -0.331. The van der Waals surface area contributed by atoms with Crippen molar-refractivity contribution in [3.8, 4) is 0 Å². The highest BCUT2D eigenvalue weighted by Crippen LogP contribution is 2.16. The number of rotatable bonds is 3. The zero-order valence-electron chi connectivity index (χ0n) is 10.6. The van der Waals surface area contributed by atoms with Gasteiger partial charge in [-0.2, -0.15) is 0 Å². The van der Waals surface area contributed by atoms with Crippen molar-refractivity contribution in [2.45, 2.75) is 26.7 Å². The Morgan fingerprint density at radius 2 is 1.78 bits per heavy atom. The third-order valence-corrected chi connectivity index (χ3v) is 2.84. The number of aromatic nitrogens is 2. The molecule has 0 fully saturated rings. The Labute approximate surface area is 105 Å². The molecule has 2 rings (SSSR count). The molecule has 0 aliphatic rings. The van der Waals surface area contributed by atoms with Crippen molar-refractivity contribution in [3.05, 3.63) is 41.3 Å². The summed E-state index contributed by atoms with van der Waals surface area (Å²) in [5.41, 5.74) is 1.64. The molecule has 0 saturated carbocycles. The lowest BCUT2D eigenvalue weighted by Gasteiger charge is -1.99. The fourth-order valence-corrected chi connectivity index (χ4v) is 2.08. The molecule has 94 valence electrons. The van der Waals surface area contributed by atoms with Gasteiger partial charge in [-0.1, -0.05) is 25.6 Å². The van der Waals surface area contributed by atoms with Gasteiger partial charge in [0, 0.05) is 12.1 Å². The number of allylic oxidation sites excluding steroid dienone is 1. The highest BCUT2D eigenvalue weighted by atomic mass is 16.2. The van der Waals surface area contributed by atoms with Gasteiger partial charge in [-0.15, -0.1) is 0 Å². The molecule has 0 aliphatic carbocycles. The molecular formula is C14H16N2O2. The monoisotopic (exact) mass is 244 g/mol. The molecule has 0 amide bonds. The Balaban J connectivity index is 2.82. The van der Waals surface area contributed by atoms with Crippen LogP contribution in [-0.4, -0.2) is 15.0 Å².